The second-order valence-electron chi connectivity index (χ2n) is 5.96. The lowest BCUT2D eigenvalue weighted by molar-refractivity contribution is 0.0501. The lowest BCUT2D eigenvalue weighted by Gasteiger charge is -2.34. The Morgan fingerprint density at radius 3 is 2.88 bits per heavy atom. The average Bonchev–Trinajstić information content (AvgIpc) is 3.30. The van der Waals surface area contributed by atoms with E-state index in [2.05, 4.69) is 22.2 Å². The Kier molecular flexibility index (Phi) is 4.33. The van der Waals surface area contributed by atoms with Crippen molar-refractivity contribution in [3.63, 3.8) is 0 Å². The van der Waals surface area contributed by atoms with Crippen molar-refractivity contribution >= 4 is 17.2 Å². The highest BCUT2D eigenvalue weighted by atomic mass is 32.1. The summed E-state index contributed by atoms with van der Waals surface area (Å²) in [6, 6.07) is 11.6. The number of thiazole rings is 1. The molecule has 1 aliphatic rings. The normalized spacial score (nSPS) is 16.7. The number of fused-ring (bicyclic) bond motifs is 1. The van der Waals surface area contributed by atoms with E-state index in [4.69, 9.17) is 0 Å². The Morgan fingerprint density at radius 1 is 1.24 bits per heavy atom. The molecule has 25 heavy (non-hydrogen) atoms. The first-order chi connectivity index (χ1) is 12.3. The number of rotatable bonds is 4. The van der Waals surface area contributed by atoms with E-state index in [-0.39, 0.29) is 18.6 Å². The number of hydrogen-bond donors (Lipinski definition) is 1. The van der Waals surface area contributed by atoms with Crippen molar-refractivity contribution in [1.29, 1.82) is 0 Å². The number of amides is 1. The Bertz CT molecular complexity index is 874. The van der Waals surface area contributed by atoms with Crippen LogP contribution in [0.5, 0.6) is 0 Å². The van der Waals surface area contributed by atoms with Crippen LogP contribution in [-0.2, 0) is 13.0 Å². The van der Waals surface area contributed by atoms with E-state index in [1.165, 1.54) is 16.9 Å². The summed E-state index contributed by atoms with van der Waals surface area (Å²) in [6.45, 7) is 1.02. The van der Waals surface area contributed by atoms with Gasteiger partial charge in [-0.2, -0.15) is 5.10 Å². The number of aromatic nitrogens is 3. The lowest BCUT2D eigenvalue weighted by Crippen LogP contribution is -2.43. The van der Waals surface area contributed by atoms with Crippen LogP contribution < -0.4 is 0 Å². The summed E-state index contributed by atoms with van der Waals surface area (Å²) < 4.78 is 1.84. The van der Waals surface area contributed by atoms with Crippen molar-refractivity contribution in [1.82, 2.24) is 19.7 Å². The summed E-state index contributed by atoms with van der Waals surface area (Å²) in [5, 5.41) is 16.7. The second-order valence-corrected chi connectivity index (χ2v) is 6.91. The van der Waals surface area contributed by atoms with Crippen molar-refractivity contribution in [2.45, 2.75) is 19.0 Å². The van der Waals surface area contributed by atoms with Crippen LogP contribution in [0.4, 0.5) is 0 Å². The van der Waals surface area contributed by atoms with Crippen LogP contribution in [0.15, 0.2) is 48.0 Å². The van der Waals surface area contributed by atoms with Gasteiger partial charge in [-0.15, -0.1) is 11.3 Å². The van der Waals surface area contributed by atoms with E-state index in [9.17, 15) is 9.90 Å². The number of benzene rings is 1. The first-order valence-corrected chi connectivity index (χ1v) is 9.06. The largest absolute Gasteiger partial charge is 0.394 e. The Morgan fingerprint density at radius 2 is 2.08 bits per heavy atom. The number of aliphatic hydroxyl groups excluding tert-OH is 1. The fourth-order valence-electron chi connectivity index (χ4n) is 3.17. The molecular formula is C18H18N4O2S. The highest BCUT2D eigenvalue weighted by Gasteiger charge is 2.32. The van der Waals surface area contributed by atoms with Gasteiger partial charge in [-0.05, 0) is 11.6 Å². The highest BCUT2D eigenvalue weighted by Crippen LogP contribution is 2.26. The maximum Gasteiger partial charge on any atom is 0.274 e. The van der Waals surface area contributed by atoms with Gasteiger partial charge in [0.2, 0.25) is 0 Å². The highest BCUT2D eigenvalue weighted by molar-refractivity contribution is 7.09. The molecule has 2 aromatic heterocycles. The van der Waals surface area contributed by atoms with Crippen LogP contribution in [0.1, 0.15) is 32.8 Å². The van der Waals surface area contributed by atoms with Gasteiger partial charge in [0.1, 0.15) is 5.69 Å². The standard InChI is InChI=1S/C18H18N4O2S/c23-11-16-15-6-7-19-22(15)9-8-21(16)18(24)14-12-25-17(20-14)10-13-4-2-1-3-5-13/h1-7,12,16,23H,8-11H2. The molecule has 3 aromatic rings. The van der Waals surface area contributed by atoms with E-state index in [1.807, 2.05) is 28.9 Å². The maximum absolute atomic E-state index is 12.9. The summed E-state index contributed by atoms with van der Waals surface area (Å²) in [5.41, 5.74) is 2.48. The van der Waals surface area contributed by atoms with Gasteiger partial charge < -0.3 is 10.0 Å². The molecule has 0 spiro atoms. The Balaban J connectivity index is 1.53. The number of aliphatic hydroxyl groups is 1. The van der Waals surface area contributed by atoms with Gasteiger partial charge in [-0.3, -0.25) is 9.48 Å². The van der Waals surface area contributed by atoms with Gasteiger partial charge in [0.05, 0.1) is 29.9 Å². The minimum absolute atomic E-state index is 0.127. The fraction of sp³-hybridized carbons (Fsp3) is 0.278. The SMILES string of the molecule is O=C(c1csc(Cc2ccccc2)n1)N1CCn2nccc2C1CO. The molecule has 4 rings (SSSR count). The Labute approximate surface area is 149 Å². The summed E-state index contributed by atoms with van der Waals surface area (Å²) >= 11 is 1.49. The van der Waals surface area contributed by atoms with E-state index in [1.54, 1.807) is 16.5 Å². The molecule has 6 nitrogen and oxygen atoms in total. The maximum atomic E-state index is 12.9. The van der Waals surface area contributed by atoms with Gasteiger partial charge in [-0.25, -0.2) is 4.98 Å². The third kappa shape index (κ3) is 3.08. The molecule has 0 radical (unpaired) electrons. The van der Waals surface area contributed by atoms with Gasteiger partial charge in [0.25, 0.3) is 5.91 Å². The first kappa shape index (κ1) is 16.0. The predicted molar refractivity (Wildman–Crippen MR) is 94.5 cm³/mol. The molecule has 1 N–H and O–H groups in total. The van der Waals surface area contributed by atoms with Crippen molar-refractivity contribution in [3.8, 4) is 0 Å². The molecule has 1 unspecified atom stereocenters. The lowest BCUT2D eigenvalue weighted by atomic mass is 10.1. The van der Waals surface area contributed by atoms with E-state index < -0.39 is 0 Å². The summed E-state index contributed by atoms with van der Waals surface area (Å²) in [5.74, 6) is -0.137. The van der Waals surface area contributed by atoms with Crippen LogP contribution in [0.3, 0.4) is 0 Å². The molecule has 0 aliphatic carbocycles. The van der Waals surface area contributed by atoms with E-state index in [0.29, 0.717) is 18.8 Å². The Hall–Kier alpha value is -2.51. The van der Waals surface area contributed by atoms with Crippen LogP contribution in [0.2, 0.25) is 0 Å². The number of carbonyl (C=O) groups is 1. The molecule has 1 amide bonds. The van der Waals surface area contributed by atoms with Crippen molar-refractivity contribution in [2.75, 3.05) is 13.2 Å². The molecule has 3 heterocycles. The minimum Gasteiger partial charge on any atom is -0.394 e. The zero-order valence-electron chi connectivity index (χ0n) is 13.6. The fourth-order valence-corrected chi connectivity index (χ4v) is 3.98. The van der Waals surface area contributed by atoms with Crippen molar-refractivity contribution in [3.05, 3.63) is 69.9 Å². The van der Waals surface area contributed by atoms with Crippen LogP contribution >= 0.6 is 11.3 Å². The van der Waals surface area contributed by atoms with Gasteiger partial charge in [0, 0.05) is 24.5 Å². The second kappa shape index (κ2) is 6.78. The van der Waals surface area contributed by atoms with Gasteiger partial charge >= 0.3 is 0 Å². The topological polar surface area (TPSA) is 71.2 Å². The zero-order valence-corrected chi connectivity index (χ0v) is 14.4. The van der Waals surface area contributed by atoms with Crippen LogP contribution in [0.25, 0.3) is 0 Å². The third-order valence-electron chi connectivity index (χ3n) is 4.42. The smallest absolute Gasteiger partial charge is 0.274 e. The zero-order chi connectivity index (χ0) is 17.2. The molecule has 1 aliphatic heterocycles. The predicted octanol–water partition coefficient (Wildman–Crippen LogP) is 2.12. The van der Waals surface area contributed by atoms with E-state index >= 15 is 0 Å². The molecule has 0 saturated heterocycles. The van der Waals surface area contributed by atoms with Crippen LogP contribution in [0, 0.1) is 0 Å². The molecular weight excluding hydrogens is 336 g/mol. The number of nitrogens with zero attached hydrogens (tertiary/aromatic N) is 4. The first-order valence-electron chi connectivity index (χ1n) is 8.18. The molecule has 1 atom stereocenters. The van der Waals surface area contributed by atoms with Gasteiger partial charge in [-0.1, -0.05) is 30.3 Å². The molecule has 0 bridgehead atoms. The summed E-state index contributed by atoms with van der Waals surface area (Å²) in [6.07, 6.45) is 2.42. The number of carbonyl (C=O) groups excluding carboxylic acids is 1. The molecule has 1 aromatic carbocycles. The van der Waals surface area contributed by atoms with Crippen molar-refractivity contribution in [2.24, 2.45) is 0 Å². The van der Waals surface area contributed by atoms with Gasteiger partial charge in [0.15, 0.2) is 0 Å². The third-order valence-corrected chi connectivity index (χ3v) is 5.27. The van der Waals surface area contributed by atoms with E-state index in [0.717, 1.165) is 17.1 Å². The van der Waals surface area contributed by atoms with Crippen molar-refractivity contribution < 1.29 is 9.90 Å². The molecule has 0 fully saturated rings. The summed E-state index contributed by atoms with van der Waals surface area (Å²) in [4.78, 5) is 19.1. The van der Waals surface area contributed by atoms with Crippen LogP contribution in [-0.4, -0.2) is 43.8 Å². The quantitative estimate of drug-likeness (QED) is 0.779. The molecule has 7 heteroatoms. The molecule has 128 valence electrons. The monoisotopic (exact) mass is 354 g/mol. The molecule has 0 saturated carbocycles. The minimum atomic E-state index is -0.372. The average molecular weight is 354 g/mol. The number of hydrogen-bond acceptors (Lipinski definition) is 5. The summed E-state index contributed by atoms with van der Waals surface area (Å²) in [7, 11) is 0.